The van der Waals surface area contributed by atoms with Crippen LogP contribution in [0.1, 0.15) is 10.4 Å². The molecule has 0 aliphatic rings. The van der Waals surface area contributed by atoms with Gasteiger partial charge in [-0.1, -0.05) is 45.4 Å². The van der Waals surface area contributed by atoms with Crippen molar-refractivity contribution in [3.05, 3.63) is 70.2 Å². The van der Waals surface area contributed by atoms with Gasteiger partial charge in [-0.3, -0.25) is 9.36 Å². The number of rotatable bonds is 8. The van der Waals surface area contributed by atoms with E-state index in [1.807, 2.05) is 28.8 Å². The number of furan rings is 1. The Bertz CT molecular complexity index is 1400. The van der Waals surface area contributed by atoms with Crippen molar-refractivity contribution in [2.24, 2.45) is 0 Å². The number of esters is 1. The van der Waals surface area contributed by atoms with Crippen LogP contribution in [0.5, 0.6) is 0 Å². The summed E-state index contributed by atoms with van der Waals surface area (Å²) >= 11 is 10.8. The zero-order valence-corrected chi connectivity index (χ0v) is 21.0. The number of carbonyl (C=O) groups excluding carboxylic acids is 2. The third-order valence-corrected chi connectivity index (χ3v) is 6.51. The molecule has 174 valence electrons. The average molecular weight is 562 g/mol. The van der Waals surface area contributed by atoms with E-state index < -0.39 is 5.97 Å². The molecule has 2 heterocycles. The average Bonchev–Trinajstić information content (AvgIpc) is 3.42. The molecule has 0 saturated carbocycles. The first kappa shape index (κ1) is 24.1. The maximum atomic E-state index is 12.6. The molecule has 0 radical (unpaired) electrons. The Kier molecular flexibility index (Phi) is 7.40. The number of hydrogen-bond acceptors (Lipinski definition) is 7. The number of halogens is 2. The number of aromatic nitrogens is 3. The SMILES string of the molecule is C=CCn1c(SCC(=O)Nc2cc(C(=O)OC)ccc2Cl)nnc1-c1cc2cc(Br)ccc2o1. The smallest absolute Gasteiger partial charge is 0.337 e. The number of carbonyl (C=O) groups is 2. The number of nitrogens with zero attached hydrogens (tertiary/aromatic N) is 3. The maximum absolute atomic E-state index is 12.6. The van der Waals surface area contributed by atoms with Crippen molar-refractivity contribution in [3.63, 3.8) is 0 Å². The van der Waals surface area contributed by atoms with Crippen LogP contribution in [0.3, 0.4) is 0 Å². The Morgan fingerprint density at radius 3 is 2.85 bits per heavy atom. The predicted molar refractivity (Wildman–Crippen MR) is 135 cm³/mol. The van der Waals surface area contributed by atoms with E-state index in [-0.39, 0.29) is 17.2 Å². The maximum Gasteiger partial charge on any atom is 0.337 e. The van der Waals surface area contributed by atoms with E-state index in [1.165, 1.54) is 37.1 Å². The van der Waals surface area contributed by atoms with Crippen molar-refractivity contribution in [2.75, 3.05) is 18.2 Å². The second-order valence-corrected chi connectivity index (χ2v) is 9.29. The Morgan fingerprint density at radius 2 is 2.09 bits per heavy atom. The highest BCUT2D eigenvalue weighted by Crippen LogP contribution is 2.31. The van der Waals surface area contributed by atoms with Crippen LogP contribution < -0.4 is 5.32 Å². The van der Waals surface area contributed by atoms with E-state index in [9.17, 15) is 9.59 Å². The first-order valence-electron chi connectivity index (χ1n) is 9.93. The third-order valence-electron chi connectivity index (χ3n) is 4.72. The number of hydrogen-bond donors (Lipinski definition) is 1. The minimum Gasteiger partial charge on any atom is -0.465 e. The van der Waals surface area contributed by atoms with Gasteiger partial charge in [0, 0.05) is 16.4 Å². The summed E-state index contributed by atoms with van der Waals surface area (Å²) in [5.74, 6) is 0.289. The molecule has 11 heteroatoms. The van der Waals surface area contributed by atoms with E-state index in [0.717, 1.165) is 15.4 Å². The van der Waals surface area contributed by atoms with Gasteiger partial charge in [0.25, 0.3) is 0 Å². The molecular weight excluding hydrogens is 544 g/mol. The Morgan fingerprint density at radius 1 is 1.26 bits per heavy atom. The summed E-state index contributed by atoms with van der Waals surface area (Å²) in [4.78, 5) is 24.3. The molecule has 1 N–H and O–H groups in total. The summed E-state index contributed by atoms with van der Waals surface area (Å²) in [6.07, 6.45) is 1.72. The quantitative estimate of drug-likeness (QED) is 0.165. The number of amides is 1. The Hall–Kier alpha value is -3.08. The fourth-order valence-electron chi connectivity index (χ4n) is 3.18. The first-order valence-corrected chi connectivity index (χ1v) is 12.1. The van der Waals surface area contributed by atoms with Gasteiger partial charge in [-0.25, -0.2) is 4.79 Å². The monoisotopic (exact) mass is 560 g/mol. The fraction of sp³-hybridized carbons (Fsp3) is 0.130. The minimum atomic E-state index is -0.524. The predicted octanol–water partition coefficient (Wildman–Crippen LogP) is 5.81. The summed E-state index contributed by atoms with van der Waals surface area (Å²) < 4.78 is 13.4. The molecule has 0 bridgehead atoms. The van der Waals surface area contributed by atoms with Crippen molar-refractivity contribution in [3.8, 4) is 11.6 Å². The van der Waals surface area contributed by atoms with Crippen LogP contribution in [0.4, 0.5) is 5.69 Å². The molecule has 8 nitrogen and oxygen atoms in total. The lowest BCUT2D eigenvalue weighted by Crippen LogP contribution is -2.15. The molecule has 4 rings (SSSR count). The van der Waals surface area contributed by atoms with Crippen LogP contribution in [-0.2, 0) is 16.1 Å². The molecule has 1 amide bonds. The van der Waals surface area contributed by atoms with Crippen LogP contribution in [0, 0.1) is 0 Å². The molecule has 0 spiro atoms. The molecule has 0 unspecified atom stereocenters. The molecular formula is C23H18BrClN4O4S. The van der Waals surface area contributed by atoms with Crippen LogP contribution in [0.2, 0.25) is 5.02 Å². The van der Waals surface area contributed by atoms with E-state index >= 15 is 0 Å². The van der Waals surface area contributed by atoms with Gasteiger partial charge >= 0.3 is 5.97 Å². The van der Waals surface area contributed by atoms with Gasteiger partial charge in [-0.15, -0.1) is 16.8 Å². The zero-order chi connectivity index (χ0) is 24.2. The summed E-state index contributed by atoms with van der Waals surface area (Å²) in [7, 11) is 1.28. The lowest BCUT2D eigenvalue weighted by molar-refractivity contribution is -0.113. The molecule has 0 atom stereocenters. The lowest BCUT2D eigenvalue weighted by atomic mass is 10.2. The summed E-state index contributed by atoms with van der Waals surface area (Å²) in [6.45, 7) is 4.23. The summed E-state index contributed by atoms with van der Waals surface area (Å²) in [6, 6.07) is 12.1. The van der Waals surface area contributed by atoms with E-state index in [2.05, 4.69) is 38.0 Å². The molecule has 0 fully saturated rings. The number of anilines is 1. The van der Waals surface area contributed by atoms with Crippen molar-refractivity contribution < 1.29 is 18.7 Å². The highest BCUT2D eigenvalue weighted by atomic mass is 79.9. The minimum absolute atomic E-state index is 0.0428. The van der Waals surface area contributed by atoms with E-state index in [0.29, 0.717) is 34.0 Å². The molecule has 34 heavy (non-hydrogen) atoms. The van der Waals surface area contributed by atoms with Gasteiger partial charge in [0.1, 0.15) is 5.58 Å². The van der Waals surface area contributed by atoms with Crippen LogP contribution in [0.25, 0.3) is 22.6 Å². The molecule has 2 aromatic carbocycles. The summed E-state index contributed by atoms with van der Waals surface area (Å²) in [5, 5.41) is 13.0. The van der Waals surface area contributed by atoms with Crippen LogP contribution >= 0.6 is 39.3 Å². The highest BCUT2D eigenvalue weighted by molar-refractivity contribution is 9.10. The first-order chi connectivity index (χ1) is 16.4. The zero-order valence-electron chi connectivity index (χ0n) is 17.9. The van der Waals surface area contributed by atoms with Crippen molar-refractivity contribution in [1.29, 1.82) is 0 Å². The second kappa shape index (κ2) is 10.5. The molecule has 0 saturated heterocycles. The van der Waals surface area contributed by atoms with Gasteiger partial charge in [0.15, 0.2) is 10.9 Å². The van der Waals surface area contributed by atoms with Gasteiger partial charge in [-0.05, 0) is 42.5 Å². The van der Waals surface area contributed by atoms with Crippen molar-refractivity contribution in [2.45, 2.75) is 11.7 Å². The standard InChI is InChI=1S/C23H18BrClN4O4S/c1-3-8-29-21(19-11-14-9-15(24)5-7-18(14)33-19)27-28-23(29)34-12-20(30)26-17-10-13(22(31)32-2)4-6-16(17)25/h3-7,9-11H,1,8,12H2,2H3,(H,26,30). The largest absolute Gasteiger partial charge is 0.465 e. The van der Waals surface area contributed by atoms with Gasteiger partial charge in [0.2, 0.25) is 11.7 Å². The van der Waals surface area contributed by atoms with Gasteiger partial charge in [-0.2, -0.15) is 0 Å². The number of nitrogens with one attached hydrogen (secondary N) is 1. The number of allylic oxidation sites excluding steroid dienone is 1. The number of benzene rings is 2. The lowest BCUT2D eigenvalue weighted by Gasteiger charge is -2.09. The number of thioether (sulfide) groups is 1. The Balaban J connectivity index is 1.51. The van der Waals surface area contributed by atoms with Gasteiger partial charge in [0.05, 0.1) is 29.1 Å². The highest BCUT2D eigenvalue weighted by Gasteiger charge is 2.19. The normalized spacial score (nSPS) is 10.9. The topological polar surface area (TPSA) is 99.2 Å². The third kappa shape index (κ3) is 5.19. The number of ether oxygens (including phenoxy) is 1. The van der Waals surface area contributed by atoms with Gasteiger partial charge < -0.3 is 14.5 Å². The second-order valence-electron chi connectivity index (χ2n) is 7.02. The van der Waals surface area contributed by atoms with Crippen LogP contribution in [0.15, 0.2) is 69.2 Å². The molecule has 4 aromatic rings. The number of fused-ring (bicyclic) bond motifs is 1. The van der Waals surface area contributed by atoms with Crippen molar-refractivity contribution >= 4 is 67.8 Å². The number of methoxy groups -OCH3 is 1. The van der Waals surface area contributed by atoms with Crippen molar-refractivity contribution in [1.82, 2.24) is 14.8 Å². The van der Waals surface area contributed by atoms with E-state index in [4.69, 9.17) is 20.8 Å². The molecule has 2 aromatic heterocycles. The molecule has 0 aliphatic heterocycles. The fourth-order valence-corrected chi connectivity index (χ4v) is 4.47. The molecule has 0 aliphatic carbocycles. The summed E-state index contributed by atoms with van der Waals surface area (Å²) in [5.41, 5.74) is 1.32. The van der Waals surface area contributed by atoms with E-state index in [1.54, 1.807) is 6.08 Å². The Labute approximate surface area is 212 Å². The van der Waals surface area contributed by atoms with Crippen LogP contribution in [-0.4, -0.2) is 39.5 Å².